The van der Waals surface area contributed by atoms with Gasteiger partial charge in [0.05, 0.1) is 6.61 Å². The van der Waals surface area contributed by atoms with Gasteiger partial charge in [-0.1, -0.05) is 30.3 Å². The average Bonchev–Trinajstić information content (AvgIpc) is 3.17. The molecular formula is C25H31NO2. The van der Waals surface area contributed by atoms with Crippen molar-refractivity contribution in [1.82, 2.24) is 4.90 Å². The normalized spacial score (nSPS) is 14.7. The summed E-state index contributed by atoms with van der Waals surface area (Å²) in [4.78, 5) is 15.3. The van der Waals surface area contributed by atoms with E-state index in [1.54, 1.807) is 6.08 Å². The van der Waals surface area contributed by atoms with Crippen LogP contribution in [0.25, 0.3) is 6.08 Å². The number of likely N-dealkylation sites (tertiary alicyclic amines) is 1. The first-order valence-corrected chi connectivity index (χ1v) is 10.3. The first-order chi connectivity index (χ1) is 13.5. The topological polar surface area (TPSA) is 29.5 Å². The Kier molecular flexibility index (Phi) is 7.05. The van der Waals surface area contributed by atoms with Gasteiger partial charge in [0.15, 0.2) is 5.78 Å². The molecule has 148 valence electrons. The largest absolute Gasteiger partial charge is 0.494 e. The number of rotatable bonds is 8. The molecule has 2 aromatic carbocycles. The molecule has 0 aromatic heterocycles. The molecular weight excluding hydrogens is 346 g/mol. The molecule has 3 nitrogen and oxygen atoms in total. The lowest BCUT2D eigenvalue weighted by Gasteiger charge is -2.15. The second-order valence-corrected chi connectivity index (χ2v) is 7.74. The van der Waals surface area contributed by atoms with E-state index in [9.17, 15) is 4.79 Å². The second-order valence-electron chi connectivity index (χ2n) is 7.74. The number of allylic oxidation sites excluding steroid dienone is 1. The highest BCUT2D eigenvalue weighted by atomic mass is 16.5. The zero-order chi connectivity index (χ0) is 19.9. The van der Waals surface area contributed by atoms with Crippen LogP contribution in [0.5, 0.6) is 5.75 Å². The Morgan fingerprint density at radius 2 is 1.71 bits per heavy atom. The van der Waals surface area contributed by atoms with Gasteiger partial charge in [0.2, 0.25) is 0 Å². The quantitative estimate of drug-likeness (QED) is 0.352. The van der Waals surface area contributed by atoms with E-state index in [-0.39, 0.29) is 5.78 Å². The van der Waals surface area contributed by atoms with Gasteiger partial charge in [-0.2, -0.15) is 0 Å². The number of nitrogens with zero attached hydrogens (tertiary/aromatic N) is 1. The summed E-state index contributed by atoms with van der Waals surface area (Å²) in [5.41, 5.74) is 4.94. The molecule has 0 unspecified atom stereocenters. The van der Waals surface area contributed by atoms with Gasteiger partial charge in [-0.05, 0) is 93.6 Å². The van der Waals surface area contributed by atoms with Gasteiger partial charge in [-0.15, -0.1) is 0 Å². The number of hydrogen-bond donors (Lipinski definition) is 0. The lowest BCUT2D eigenvalue weighted by atomic mass is 9.97. The third kappa shape index (κ3) is 5.32. The van der Waals surface area contributed by atoms with E-state index in [4.69, 9.17) is 4.74 Å². The summed E-state index contributed by atoms with van der Waals surface area (Å²) in [5, 5.41) is 0. The molecule has 0 N–H and O–H groups in total. The van der Waals surface area contributed by atoms with Crippen molar-refractivity contribution in [1.29, 1.82) is 0 Å². The van der Waals surface area contributed by atoms with Gasteiger partial charge in [-0.25, -0.2) is 0 Å². The zero-order valence-corrected chi connectivity index (χ0v) is 17.3. The number of ketones is 1. The van der Waals surface area contributed by atoms with Gasteiger partial charge in [0.1, 0.15) is 5.75 Å². The molecule has 3 heteroatoms. The number of carbonyl (C=O) groups excluding carboxylic acids is 1. The summed E-state index contributed by atoms with van der Waals surface area (Å²) in [6, 6.07) is 12.0. The van der Waals surface area contributed by atoms with Crippen LogP contribution in [0.1, 0.15) is 51.9 Å². The van der Waals surface area contributed by atoms with Crippen molar-refractivity contribution >= 4 is 11.9 Å². The molecule has 0 radical (unpaired) electrons. The molecule has 0 aliphatic carbocycles. The van der Waals surface area contributed by atoms with Crippen LogP contribution in [-0.4, -0.2) is 36.9 Å². The van der Waals surface area contributed by atoms with E-state index in [1.165, 1.54) is 25.9 Å². The first kappa shape index (κ1) is 20.3. The Morgan fingerprint density at radius 3 is 2.39 bits per heavy atom. The summed E-state index contributed by atoms with van der Waals surface area (Å²) < 4.78 is 5.95. The van der Waals surface area contributed by atoms with Gasteiger partial charge < -0.3 is 9.64 Å². The molecule has 1 aliphatic rings. The van der Waals surface area contributed by atoms with Gasteiger partial charge >= 0.3 is 0 Å². The minimum absolute atomic E-state index is 0.0406. The maximum absolute atomic E-state index is 12.8. The molecule has 0 saturated carbocycles. The van der Waals surface area contributed by atoms with Crippen LogP contribution in [0.3, 0.4) is 0 Å². The van der Waals surface area contributed by atoms with Crippen molar-refractivity contribution < 1.29 is 9.53 Å². The van der Waals surface area contributed by atoms with Crippen molar-refractivity contribution in [2.75, 3.05) is 26.2 Å². The minimum Gasteiger partial charge on any atom is -0.494 e. The number of hydrogen-bond acceptors (Lipinski definition) is 3. The highest BCUT2D eigenvalue weighted by Crippen LogP contribution is 2.23. The monoisotopic (exact) mass is 377 g/mol. The molecule has 2 aromatic rings. The molecule has 1 heterocycles. The fourth-order valence-electron chi connectivity index (χ4n) is 3.90. The maximum Gasteiger partial charge on any atom is 0.186 e. The summed E-state index contributed by atoms with van der Waals surface area (Å²) in [7, 11) is 0. The van der Waals surface area contributed by atoms with Crippen LogP contribution in [0.4, 0.5) is 0 Å². The summed E-state index contributed by atoms with van der Waals surface area (Å²) in [6.07, 6.45) is 7.27. The molecule has 28 heavy (non-hydrogen) atoms. The number of carbonyl (C=O) groups is 1. The van der Waals surface area contributed by atoms with Crippen LogP contribution < -0.4 is 4.74 Å². The molecule has 0 bridgehead atoms. The molecule has 3 rings (SSSR count). The fraction of sp³-hybridized carbons (Fsp3) is 0.400. The van der Waals surface area contributed by atoms with Crippen LogP contribution in [0.2, 0.25) is 0 Å². The van der Waals surface area contributed by atoms with Gasteiger partial charge in [0.25, 0.3) is 0 Å². The molecule has 1 aliphatic heterocycles. The zero-order valence-electron chi connectivity index (χ0n) is 17.3. The lowest BCUT2D eigenvalue weighted by Crippen LogP contribution is -2.21. The van der Waals surface area contributed by atoms with Crippen LogP contribution in [0, 0.1) is 20.8 Å². The van der Waals surface area contributed by atoms with Crippen molar-refractivity contribution in [2.45, 2.75) is 40.0 Å². The smallest absolute Gasteiger partial charge is 0.186 e. The Balaban J connectivity index is 1.60. The van der Waals surface area contributed by atoms with Gasteiger partial charge in [0, 0.05) is 12.1 Å². The summed E-state index contributed by atoms with van der Waals surface area (Å²) in [5.74, 6) is 0.898. The number of ether oxygens (including phenoxy) is 1. The third-order valence-corrected chi connectivity index (χ3v) is 5.44. The van der Waals surface area contributed by atoms with E-state index >= 15 is 0 Å². The SMILES string of the molecule is Cc1ccccc1/C=C/C(=O)c1c(C)cc(OCCCN2CCCC2)cc1C. The molecule has 1 saturated heterocycles. The number of benzene rings is 2. The third-order valence-electron chi connectivity index (χ3n) is 5.44. The van der Waals surface area contributed by atoms with E-state index in [1.807, 2.05) is 50.3 Å². The van der Waals surface area contributed by atoms with E-state index < -0.39 is 0 Å². The summed E-state index contributed by atoms with van der Waals surface area (Å²) in [6.45, 7) is 10.3. The van der Waals surface area contributed by atoms with E-state index in [2.05, 4.69) is 17.9 Å². The van der Waals surface area contributed by atoms with Crippen molar-refractivity contribution in [3.05, 3.63) is 70.3 Å². The fourth-order valence-corrected chi connectivity index (χ4v) is 3.90. The van der Waals surface area contributed by atoms with Crippen LogP contribution in [-0.2, 0) is 0 Å². The Hall–Kier alpha value is -2.39. The molecule has 0 amide bonds. The maximum atomic E-state index is 12.8. The van der Waals surface area contributed by atoms with Crippen molar-refractivity contribution in [2.24, 2.45) is 0 Å². The van der Waals surface area contributed by atoms with Crippen molar-refractivity contribution in [3.63, 3.8) is 0 Å². The Morgan fingerprint density at radius 1 is 1.04 bits per heavy atom. The first-order valence-electron chi connectivity index (χ1n) is 10.3. The molecule has 0 spiro atoms. The lowest BCUT2D eigenvalue weighted by molar-refractivity contribution is 0.104. The van der Waals surface area contributed by atoms with Crippen molar-refractivity contribution in [3.8, 4) is 5.75 Å². The Labute approximate surface area is 169 Å². The Bertz CT molecular complexity index is 824. The standard InChI is InChI=1S/C25H31NO2/c1-19-9-4-5-10-22(19)11-12-24(27)25-20(2)17-23(18-21(25)3)28-16-8-15-26-13-6-7-14-26/h4-5,9-12,17-18H,6-8,13-16H2,1-3H3/b12-11+. The van der Waals surface area contributed by atoms with E-state index in [0.717, 1.165) is 53.1 Å². The minimum atomic E-state index is 0.0406. The van der Waals surface area contributed by atoms with E-state index in [0.29, 0.717) is 0 Å². The van der Waals surface area contributed by atoms with Gasteiger partial charge in [-0.3, -0.25) is 4.79 Å². The highest BCUT2D eigenvalue weighted by Gasteiger charge is 2.13. The summed E-state index contributed by atoms with van der Waals surface area (Å²) >= 11 is 0. The van der Waals surface area contributed by atoms with Crippen LogP contribution in [0.15, 0.2) is 42.5 Å². The second kappa shape index (κ2) is 9.70. The molecule has 0 atom stereocenters. The molecule has 1 fully saturated rings. The highest BCUT2D eigenvalue weighted by molar-refractivity contribution is 6.08. The predicted molar refractivity (Wildman–Crippen MR) is 116 cm³/mol. The number of aryl methyl sites for hydroxylation is 3. The predicted octanol–water partition coefficient (Wildman–Crippen LogP) is 5.37. The van der Waals surface area contributed by atoms with Crippen LogP contribution >= 0.6 is 0 Å². The average molecular weight is 378 g/mol.